The van der Waals surface area contributed by atoms with E-state index < -0.39 is 5.97 Å². The predicted molar refractivity (Wildman–Crippen MR) is 114 cm³/mol. The Morgan fingerprint density at radius 1 is 0.862 bits per heavy atom. The van der Waals surface area contributed by atoms with Crippen LogP contribution in [0.5, 0.6) is 11.5 Å². The Kier molecular flexibility index (Phi) is 7.04. The Hall–Kier alpha value is -3.11. The molecule has 3 rings (SSSR count). The molecule has 4 heteroatoms. The summed E-state index contributed by atoms with van der Waals surface area (Å²) in [5.74, 6) is 0.593. The molecule has 0 heterocycles. The summed E-state index contributed by atoms with van der Waals surface area (Å²) >= 11 is 0. The maximum atomic E-state index is 12.5. The summed E-state index contributed by atoms with van der Waals surface area (Å²) in [4.78, 5) is 12.5. The minimum Gasteiger partial charge on any atom is -0.490 e. The molecule has 150 valence electrons. The second-order valence-corrected chi connectivity index (χ2v) is 6.76. The normalized spacial score (nSPS) is 11.7. The lowest BCUT2D eigenvalue weighted by Gasteiger charge is -2.12. The van der Waals surface area contributed by atoms with Gasteiger partial charge in [0.15, 0.2) is 11.5 Å². The molecule has 0 bridgehead atoms. The highest BCUT2D eigenvalue weighted by molar-refractivity contribution is 5.92. The van der Waals surface area contributed by atoms with E-state index in [1.807, 2.05) is 38.1 Å². The largest absolute Gasteiger partial charge is 0.490 e. The average molecular weight is 390 g/mol. The summed E-state index contributed by atoms with van der Waals surface area (Å²) in [6, 6.07) is 22.8. The first kappa shape index (κ1) is 20.6. The Morgan fingerprint density at radius 3 is 2.03 bits per heavy atom. The fraction of sp³-hybridized carbons (Fsp3) is 0.240. The summed E-state index contributed by atoms with van der Waals surface area (Å²) in [6.07, 6.45) is 0.945. The zero-order valence-corrected chi connectivity index (χ0v) is 17.1. The molecule has 0 radical (unpaired) electrons. The second-order valence-electron chi connectivity index (χ2n) is 6.76. The van der Waals surface area contributed by atoms with Gasteiger partial charge in [-0.15, -0.1) is 0 Å². The number of hydrogen-bond donors (Lipinski definition) is 0. The maximum absolute atomic E-state index is 12.5. The van der Waals surface area contributed by atoms with Crippen LogP contribution in [-0.2, 0) is 4.74 Å². The molecular formula is C25H26O4. The molecule has 0 aromatic heterocycles. The number of carbonyl (C=O) groups is 1. The summed E-state index contributed by atoms with van der Waals surface area (Å²) in [6.45, 7) is 4.62. The van der Waals surface area contributed by atoms with E-state index in [1.165, 1.54) is 0 Å². The van der Waals surface area contributed by atoms with Crippen molar-refractivity contribution in [3.05, 3.63) is 83.9 Å². The molecule has 0 aliphatic rings. The summed E-state index contributed by atoms with van der Waals surface area (Å²) in [5, 5.41) is 0. The minimum absolute atomic E-state index is 0.0605. The highest BCUT2D eigenvalue weighted by Gasteiger charge is 2.13. The van der Waals surface area contributed by atoms with Crippen LogP contribution < -0.4 is 9.47 Å². The molecule has 0 spiro atoms. The number of benzene rings is 3. The van der Waals surface area contributed by atoms with Gasteiger partial charge in [-0.2, -0.15) is 0 Å². The van der Waals surface area contributed by atoms with Crippen molar-refractivity contribution in [2.75, 3.05) is 13.7 Å². The topological polar surface area (TPSA) is 44.8 Å². The highest BCUT2D eigenvalue weighted by atomic mass is 16.6. The number of esters is 1. The van der Waals surface area contributed by atoms with Crippen LogP contribution in [-0.4, -0.2) is 19.7 Å². The van der Waals surface area contributed by atoms with Crippen LogP contribution in [0.3, 0.4) is 0 Å². The van der Waals surface area contributed by atoms with E-state index in [-0.39, 0.29) is 6.10 Å². The third kappa shape index (κ3) is 5.24. The van der Waals surface area contributed by atoms with Gasteiger partial charge in [-0.1, -0.05) is 55.5 Å². The number of methoxy groups -OCH3 is 1. The maximum Gasteiger partial charge on any atom is 0.343 e. The van der Waals surface area contributed by atoms with Crippen LogP contribution in [0.25, 0.3) is 11.1 Å². The lowest BCUT2D eigenvalue weighted by atomic mass is 10.0. The Bertz CT molecular complexity index is 930. The number of rotatable bonds is 8. The number of hydrogen-bond acceptors (Lipinski definition) is 4. The lowest BCUT2D eigenvalue weighted by molar-refractivity contribution is 0.0728. The van der Waals surface area contributed by atoms with Crippen LogP contribution in [0, 0.1) is 0 Å². The molecule has 29 heavy (non-hydrogen) atoms. The van der Waals surface area contributed by atoms with E-state index in [4.69, 9.17) is 14.2 Å². The van der Waals surface area contributed by atoms with Crippen LogP contribution in [0.2, 0.25) is 0 Å². The van der Waals surface area contributed by atoms with Gasteiger partial charge in [0.2, 0.25) is 0 Å². The molecule has 0 fully saturated rings. The van der Waals surface area contributed by atoms with Crippen molar-refractivity contribution in [2.45, 2.75) is 26.4 Å². The van der Waals surface area contributed by atoms with Gasteiger partial charge in [0.25, 0.3) is 0 Å². The first-order valence-electron chi connectivity index (χ1n) is 9.79. The number of carbonyl (C=O) groups excluding carboxylic acids is 1. The van der Waals surface area contributed by atoms with E-state index in [9.17, 15) is 4.79 Å². The van der Waals surface area contributed by atoms with E-state index in [0.29, 0.717) is 23.7 Å². The van der Waals surface area contributed by atoms with Gasteiger partial charge in [0.1, 0.15) is 0 Å². The predicted octanol–water partition coefficient (Wildman–Crippen LogP) is 6.07. The van der Waals surface area contributed by atoms with Crippen molar-refractivity contribution < 1.29 is 19.0 Å². The minimum atomic E-state index is -0.409. The van der Waals surface area contributed by atoms with Gasteiger partial charge in [0, 0.05) is 7.11 Å². The zero-order chi connectivity index (χ0) is 20.6. The summed E-state index contributed by atoms with van der Waals surface area (Å²) < 4.78 is 16.5. The Labute approximate surface area is 172 Å². The van der Waals surface area contributed by atoms with E-state index in [2.05, 4.69) is 24.3 Å². The van der Waals surface area contributed by atoms with Gasteiger partial charge in [-0.05, 0) is 54.3 Å². The third-order valence-corrected chi connectivity index (χ3v) is 4.70. The third-order valence-electron chi connectivity index (χ3n) is 4.70. The smallest absolute Gasteiger partial charge is 0.343 e. The lowest BCUT2D eigenvalue weighted by Crippen LogP contribution is -2.09. The van der Waals surface area contributed by atoms with Crippen molar-refractivity contribution in [1.29, 1.82) is 0 Å². The molecule has 1 unspecified atom stereocenters. The Morgan fingerprint density at radius 2 is 1.45 bits per heavy atom. The fourth-order valence-electron chi connectivity index (χ4n) is 2.91. The highest BCUT2D eigenvalue weighted by Crippen LogP contribution is 2.28. The van der Waals surface area contributed by atoms with Gasteiger partial charge in [0.05, 0.1) is 18.3 Å². The van der Waals surface area contributed by atoms with Crippen LogP contribution in [0.4, 0.5) is 0 Å². The number of para-hydroxylation sites is 2. The van der Waals surface area contributed by atoms with Crippen molar-refractivity contribution in [3.8, 4) is 22.6 Å². The molecule has 0 saturated heterocycles. The van der Waals surface area contributed by atoms with Gasteiger partial charge >= 0.3 is 5.97 Å². The molecule has 0 aliphatic carbocycles. The quantitative estimate of drug-likeness (QED) is 0.346. The first-order valence-corrected chi connectivity index (χ1v) is 9.79. The summed E-state index contributed by atoms with van der Waals surface area (Å²) in [5.41, 5.74) is 3.73. The first-order chi connectivity index (χ1) is 14.1. The average Bonchev–Trinajstić information content (AvgIpc) is 2.78. The molecular weight excluding hydrogens is 364 g/mol. The van der Waals surface area contributed by atoms with Crippen LogP contribution >= 0.6 is 0 Å². The van der Waals surface area contributed by atoms with E-state index in [1.54, 1.807) is 31.4 Å². The zero-order valence-electron chi connectivity index (χ0n) is 17.1. The van der Waals surface area contributed by atoms with E-state index in [0.717, 1.165) is 23.1 Å². The Balaban J connectivity index is 1.71. The van der Waals surface area contributed by atoms with Crippen molar-refractivity contribution in [1.82, 2.24) is 0 Å². The standard InChI is InChI=1S/C25H26O4/c1-4-17-28-23-7-5-6-8-24(23)29-25(26)22-15-13-21(14-16-22)20-11-9-19(10-12-20)18(2)27-3/h5-16,18H,4,17H2,1-3H3. The van der Waals surface area contributed by atoms with Crippen molar-refractivity contribution in [3.63, 3.8) is 0 Å². The molecule has 0 N–H and O–H groups in total. The summed E-state index contributed by atoms with van der Waals surface area (Å²) in [7, 11) is 1.70. The van der Waals surface area contributed by atoms with E-state index >= 15 is 0 Å². The van der Waals surface area contributed by atoms with Gasteiger partial charge in [-0.25, -0.2) is 4.79 Å². The molecule has 3 aromatic carbocycles. The molecule has 1 atom stereocenters. The second kappa shape index (κ2) is 9.89. The monoisotopic (exact) mass is 390 g/mol. The molecule has 4 nitrogen and oxygen atoms in total. The van der Waals surface area contributed by atoms with Crippen LogP contribution in [0.15, 0.2) is 72.8 Å². The molecule has 3 aromatic rings. The van der Waals surface area contributed by atoms with Gasteiger partial charge in [-0.3, -0.25) is 0 Å². The SMILES string of the molecule is CCCOc1ccccc1OC(=O)c1ccc(-c2ccc(C(C)OC)cc2)cc1. The van der Waals surface area contributed by atoms with Gasteiger partial charge < -0.3 is 14.2 Å². The number of ether oxygens (including phenoxy) is 3. The van der Waals surface area contributed by atoms with Crippen molar-refractivity contribution >= 4 is 5.97 Å². The molecule has 0 amide bonds. The fourth-order valence-corrected chi connectivity index (χ4v) is 2.91. The molecule has 0 aliphatic heterocycles. The van der Waals surface area contributed by atoms with Crippen LogP contribution in [0.1, 0.15) is 42.3 Å². The van der Waals surface area contributed by atoms with Crippen molar-refractivity contribution in [2.24, 2.45) is 0 Å². The molecule has 0 saturated carbocycles.